The zero-order valence-electron chi connectivity index (χ0n) is 13.6. The van der Waals surface area contributed by atoms with Crippen LogP contribution in [0.15, 0.2) is 54.0 Å². The first-order valence-corrected chi connectivity index (χ1v) is 8.51. The van der Waals surface area contributed by atoms with E-state index in [1.54, 1.807) is 6.20 Å². The predicted molar refractivity (Wildman–Crippen MR) is 95.7 cm³/mol. The monoisotopic (exact) mass is 338 g/mol. The lowest BCUT2D eigenvalue weighted by molar-refractivity contribution is 0.0951. The maximum absolute atomic E-state index is 12.2. The predicted octanol–water partition coefficient (Wildman–Crippen LogP) is 4.48. The molecule has 5 heteroatoms. The summed E-state index contributed by atoms with van der Waals surface area (Å²) in [4.78, 5) is 16.3. The molecule has 122 valence electrons. The van der Waals surface area contributed by atoms with Crippen LogP contribution >= 0.6 is 11.3 Å². The summed E-state index contributed by atoms with van der Waals surface area (Å²) in [5.74, 6) is 0.662. The van der Waals surface area contributed by atoms with Crippen molar-refractivity contribution in [3.63, 3.8) is 0 Å². The maximum Gasteiger partial charge on any atom is 0.278 e. The first kappa shape index (κ1) is 16.2. The number of hydrogen-bond acceptors (Lipinski definition) is 4. The molecule has 0 radical (unpaired) electrons. The largest absolute Gasteiger partial charge is 0.431 e. The third kappa shape index (κ3) is 4.00. The summed E-state index contributed by atoms with van der Waals surface area (Å²) < 4.78 is 5.61. The molecule has 1 aromatic heterocycles. The fraction of sp³-hybridized carbons (Fsp3) is 0.158. The van der Waals surface area contributed by atoms with Crippen LogP contribution in [0.3, 0.4) is 0 Å². The van der Waals surface area contributed by atoms with Crippen molar-refractivity contribution in [3.8, 4) is 10.9 Å². The highest BCUT2D eigenvalue weighted by molar-refractivity contribution is 7.11. The molecule has 2 aromatic carbocycles. The van der Waals surface area contributed by atoms with E-state index in [0.29, 0.717) is 17.3 Å². The summed E-state index contributed by atoms with van der Waals surface area (Å²) >= 11 is 1.45. The summed E-state index contributed by atoms with van der Waals surface area (Å²) in [5, 5.41) is 5.42. The van der Waals surface area contributed by atoms with Crippen LogP contribution in [0.4, 0.5) is 0 Å². The average molecular weight is 338 g/mol. The van der Waals surface area contributed by atoms with Gasteiger partial charge in [-0.2, -0.15) is 0 Å². The lowest BCUT2D eigenvalue weighted by Crippen LogP contribution is -2.22. The van der Waals surface area contributed by atoms with E-state index >= 15 is 0 Å². The summed E-state index contributed by atoms with van der Waals surface area (Å²) in [6, 6.07) is 13.3. The molecule has 0 saturated heterocycles. The van der Waals surface area contributed by atoms with Gasteiger partial charge in [-0.25, -0.2) is 4.98 Å². The van der Waals surface area contributed by atoms with Gasteiger partial charge in [0.15, 0.2) is 0 Å². The first-order valence-electron chi connectivity index (χ1n) is 7.63. The Labute approximate surface area is 145 Å². The highest BCUT2D eigenvalue weighted by Crippen LogP contribution is 2.23. The molecule has 24 heavy (non-hydrogen) atoms. The number of nitrogens with zero attached hydrogens (tertiary/aromatic N) is 1. The Morgan fingerprint density at radius 2 is 1.92 bits per heavy atom. The summed E-state index contributed by atoms with van der Waals surface area (Å²) in [7, 11) is 0. The summed E-state index contributed by atoms with van der Waals surface area (Å²) in [6.07, 6.45) is 1.71. The Morgan fingerprint density at radius 3 is 2.58 bits per heavy atom. The number of ether oxygens (including phenoxy) is 1. The van der Waals surface area contributed by atoms with Crippen molar-refractivity contribution < 1.29 is 9.53 Å². The van der Waals surface area contributed by atoms with Crippen LogP contribution in [0, 0.1) is 13.8 Å². The molecule has 0 spiro atoms. The number of rotatable bonds is 5. The van der Waals surface area contributed by atoms with Crippen molar-refractivity contribution in [2.45, 2.75) is 20.4 Å². The normalized spacial score (nSPS) is 10.4. The van der Waals surface area contributed by atoms with Gasteiger partial charge in [-0.05, 0) is 54.8 Å². The Hall–Kier alpha value is -2.66. The molecular formula is C19H18N2O2S. The molecule has 3 rings (SSSR count). The van der Waals surface area contributed by atoms with Gasteiger partial charge in [-0.3, -0.25) is 4.79 Å². The molecule has 0 unspecified atom stereocenters. The second kappa shape index (κ2) is 7.27. The fourth-order valence-electron chi connectivity index (χ4n) is 2.20. The van der Waals surface area contributed by atoms with Gasteiger partial charge in [0.25, 0.3) is 11.1 Å². The number of amides is 1. The third-order valence-corrected chi connectivity index (χ3v) is 4.41. The lowest BCUT2D eigenvalue weighted by Gasteiger charge is -2.08. The second-order valence-electron chi connectivity index (χ2n) is 5.53. The van der Waals surface area contributed by atoms with E-state index in [9.17, 15) is 4.79 Å². The van der Waals surface area contributed by atoms with Crippen LogP contribution in [0.1, 0.15) is 27.0 Å². The van der Waals surface area contributed by atoms with Crippen molar-refractivity contribution in [2.24, 2.45) is 0 Å². The second-order valence-corrected chi connectivity index (χ2v) is 6.38. The highest BCUT2D eigenvalue weighted by Gasteiger charge is 2.07. The maximum atomic E-state index is 12.2. The van der Waals surface area contributed by atoms with Gasteiger partial charge in [-0.15, -0.1) is 0 Å². The number of aryl methyl sites for hydroxylation is 2. The van der Waals surface area contributed by atoms with E-state index in [-0.39, 0.29) is 5.91 Å². The van der Waals surface area contributed by atoms with Crippen molar-refractivity contribution in [3.05, 3.63) is 76.3 Å². The van der Waals surface area contributed by atoms with Gasteiger partial charge in [-0.1, -0.05) is 29.5 Å². The third-order valence-electron chi connectivity index (χ3n) is 3.76. The van der Waals surface area contributed by atoms with Gasteiger partial charge in [0.1, 0.15) is 5.75 Å². The molecule has 0 atom stereocenters. The van der Waals surface area contributed by atoms with Gasteiger partial charge >= 0.3 is 0 Å². The van der Waals surface area contributed by atoms with E-state index in [1.807, 2.05) is 61.7 Å². The number of aromatic nitrogens is 1. The van der Waals surface area contributed by atoms with Crippen molar-refractivity contribution in [1.82, 2.24) is 10.3 Å². The molecule has 0 aliphatic heterocycles. The Morgan fingerprint density at radius 1 is 1.12 bits per heavy atom. The van der Waals surface area contributed by atoms with Crippen LogP contribution in [0.2, 0.25) is 0 Å². The summed E-state index contributed by atoms with van der Waals surface area (Å²) in [6.45, 7) is 4.52. The van der Waals surface area contributed by atoms with Crippen LogP contribution < -0.4 is 10.1 Å². The fourth-order valence-corrected chi connectivity index (χ4v) is 2.71. The molecular weight excluding hydrogens is 320 g/mol. The highest BCUT2D eigenvalue weighted by atomic mass is 32.1. The molecule has 4 nitrogen and oxygen atoms in total. The molecule has 0 saturated carbocycles. The minimum absolute atomic E-state index is 0.0683. The molecule has 1 heterocycles. The van der Waals surface area contributed by atoms with Gasteiger partial charge < -0.3 is 10.1 Å². The summed E-state index contributed by atoms with van der Waals surface area (Å²) in [5.41, 5.74) is 3.99. The van der Waals surface area contributed by atoms with Crippen LogP contribution in [0.25, 0.3) is 0 Å². The van der Waals surface area contributed by atoms with Gasteiger partial charge in [0.05, 0.1) is 0 Å². The van der Waals surface area contributed by atoms with Crippen molar-refractivity contribution in [1.29, 1.82) is 0 Å². The number of nitrogens with one attached hydrogen (secondary N) is 1. The molecule has 3 aromatic rings. The number of carbonyl (C=O) groups is 1. The van der Waals surface area contributed by atoms with Crippen LogP contribution in [-0.2, 0) is 6.54 Å². The first-order chi connectivity index (χ1) is 11.6. The number of thiazole rings is 1. The Balaban J connectivity index is 1.58. The molecule has 0 aliphatic carbocycles. The smallest absolute Gasteiger partial charge is 0.278 e. The van der Waals surface area contributed by atoms with E-state index < -0.39 is 0 Å². The van der Waals surface area contributed by atoms with Gasteiger partial charge in [0, 0.05) is 23.7 Å². The minimum atomic E-state index is -0.0683. The SMILES string of the molecule is Cc1ccc(C(=O)NCc2ccc(Oc3nccs3)cc2)cc1C. The lowest BCUT2D eigenvalue weighted by atomic mass is 10.1. The quantitative estimate of drug-likeness (QED) is 0.746. The van der Waals surface area contributed by atoms with Gasteiger partial charge in [0.2, 0.25) is 0 Å². The van der Waals surface area contributed by atoms with Crippen LogP contribution in [-0.4, -0.2) is 10.9 Å². The van der Waals surface area contributed by atoms with Crippen LogP contribution in [0.5, 0.6) is 10.9 Å². The average Bonchev–Trinajstić information content (AvgIpc) is 3.09. The minimum Gasteiger partial charge on any atom is -0.431 e. The number of benzene rings is 2. The number of hydrogen-bond donors (Lipinski definition) is 1. The molecule has 1 amide bonds. The van der Waals surface area contributed by atoms with Crippen molar-refractivity contribution in [2.75, 3.05) is 0 Å². The van der Waals surface area contributed by atoms with E-state index in [4.69, 9.17) is 4.74 Å². The molecule has 0 aliphatic rings. The van der Waals surface area contributed by atoms with E-state index in [2.05, 4.69) is 10.3 Å². The topological polar surface area (TPSA) is 51.2 Å². The molecule has 0 bridgehead atoms. The number of carbonyl (C=O) groups excluding carboxylic acids is 1. The van der Waals surface area contributed by atoms with E-state index in [1.165, 1.54) is 16.9 Å². The van der Waals surface area contributed by atoms with E-state index in [0.717, 1.165) is 16.9 Å². The molecule has 0 fully saturated rings. The molecule has 1 N–H and O–H groups in total. The van der Waals surface area contributed by atoms with Crippen molar-refractivity contribution >= 4 is 17.2 Å². The zero-order valence-corrected chi connectivity index (χ0v) is 14.4. The standard InChI is InChI=1S/C19H18N2O2S/c1-13-3-6-16(11-14(13)2)18(22)21-12-15-4-7-17(8-5-15)23-19-20-9-10-24-19/h3-11H,12H2,1-2H3,(H,21,22). The Bertz CT molecular complexity index is 827. The Kier molecular flexibility index (Phi) is 4.91. The zero-order chi connectivity index (χ0) is 16.9.